The number of anilines is 1. The Morgan fingerprint density at radius 1 is 1.12 bits per heavy atom. The SMILES string of the molecule is Cc1ccc(NC(=O)[C@@H](C)Sc2nnnn2-c2ccccc2)cc1. The van der Waals surface area contributed by atoms with Gasteiger partial charge in [-0.05, 0) is 48.5 Å². The van der Waals surface area contributed by atoms with Gasteiger partial charge in [-0.3, -0.25) is 4.79 Å². The van der Waals surface area contributed by atoms with E-state index in [0.29, 0.717) is 5.16 Å². The van der Waals surface area contributed by atoms with Crippen molar-refractivity contribution in [3.05, 3.63) is 60.2 Å². The van der Waals surface area contributed by atoms with E-state index in [1.165, 1.54) is 11.8 Å². The second kappa shape index (κ2) is 7.27. The molecule has 0 fully saturated rings. The van der Waals surface area contributed by atoms with E-state index in [0.717, 1.165) is 16.9 Å². The van der Waals surface area contributed by atoms with Gasteiger partial charge in [0.25, 0.3) is 0 Å². The number of aryl methyl sites for hydroxylation is 1. The zero-order chi connectivity index (χ0) is 16.9. The first-order valence-electron chi connectivity index (χ1n) is 7.51. The minimum atomic E-state index is -0.334. The number of carbonyl (C=O) groups excluding carboxylic acids is 1. The Morgan fingerprint density at radius 2 is 1.83 bits per heavy atom. The van der Waals surface area contributed by atoms with Gasteiger partial charge in [-0.25, -0.2) is 0 Å². The summed E-state index contributed by atoms with van der Waals surface area (Å²) in [4.78, 5) is 12.4. The number of carbonyl (C=O) groups is 1. The highest BCUT2D eigenvalue weighted by molar-refractivity contribution is 8.00. The summed E-state index contributed by atoms with van der Waals surface area (Å²) in [6, 6.07) is 17.3. The van der Waals surface area contributed by atoms with Crippen LogP contribution in [-0.2, 0) is 4.79 Å². The van der Waals surface area contributed by atoms with E-state index >= 15 is 0 Å². The van der Waals surface area contributed by atoms with Crippen molar-refractivity contribution in [3.8, 4) is 5.69 Å². The number of amides is 1. The third-order valence-corrected chi connectivity index (χ3v) is 4.45. The minimum Gasteiger partial charge on any atom is -0.325 e. The summed E-state index contributed by atoms with van der Waals surface area (Å²) in [5, 5.41) is 14.9. The van der Waals surface area contributed by atoms with E-state index in [2.05, 4.69) is 20.8 Å². The Hall–Kier alpha value is -2.67. The van der Waals surface area contributed by atoms with Gasteiger partial charge in [-0.1, -0.05) is 47.7 Å². The van der Waals surface area contributed by atoms with Gasteiger partial charge in [0, 0.05) is 5.69 Å². The molecule has 2 aromatic carbocycles. The van der Waals surface area contributed by atoms with Crippen molar-refractivity contribution in [2.24, 2.45) is 0 Å². The minimum absolute atomic E-state index is 0.0912. The number of nitrogens with one attached hydrogen (secondary N) is 1. The molecule has 3 rings (SSSR count). The third kappa shape index (κ3) is 3.80. The summed E-state index contributed by atoms with van der Waals surface area (Å²) >= 11 is 1.32. The topological polar surface area (TPSA) is 72.7 Å². The van der Waals surface area contributed by atoms with Gasteiger partial charge in [-0.15, -0.1) is 5.10 Å². The van der Waals surface area contributed by atoms with E-state index in [1.807, 2.05) is 68.4 Å². The van der Waals surface area contributed by atoms with Gasteiger partial charge in [0.1, 0.15) is 0 Å². The summed E-state index contributed by atoms with van der Waals surface area (Å²) in [5.41, 5.74) is 2.79. The average Bonchev–Trinajstić information content (AvgIpc) is 3.05. The maximum atomic E-state index is 12.4. The van der Waals surface area contributed by atoms with Crippen molar-refractivity contribution in [2.45, 2.75) is 24.3 Å². The number of hydrogen-bond acceptors (Lipinski definition) is 5. The molecule has 0 aliphatic rings. The first kappa shape index (κ1) is 16.2. The zero-order valence-corrected chi connectivity index (χ0v) is 14.2. The Morgan fingerprint density at radius 3 is 2.54 bits per heavy atom. The third-order valence-electron chi connectivity index (χ3n) is 3.41. The van der Waals surface area contributed by atoms with Crippen LogP contribution in [-0.4, -0.2) is 31.4 Å². The average molecular weight is 339 g/mol. The molecule has 0 saturated carbocycles. The molecule has 0 aliphatic heterocycles. The smallest absolute Gasteiger partial charge is 0.237 e. The number of benzene rings is 2. The van der Waals surface area contributed by atoms with Crippen LogP contribution < -0.4 is 5.32 Å². The highest BCUT2D eigenvalue weighted by atomic mass is 32.2. The molecule has 6 nitrogen and oxygen atoms in total. The summed E-state index contributed by atoms with van der Waals surface area (Å²) < 4.78 is 1.63. The molecule has 1 heterocycles. The van der Waals surface area contributed by atoms with Crippen LogP contribution in [0.5, 0.6) is 0 Å². The number of aromatic nitrogens is 4. The van der Waals surface area contributed by atoms with Crippen molar-refractivity contribution in [1.29, 1.82) is 0 Å². The van der Waals surface area contributed by atoms with Crippen LogP contribution in [0.25, 0.3) is 5.69 Å². The first-order valence-corrected chi connectivity index (χ1v) is 8.39. The van der Waals surface area contributed by atoms with Crippen molar-refractivity contribution in [2.75, 3.05) is 5.32 Å². The molecule has 1 aromatic heterocycles. The molecule has 1 amide bonds. The fourth-order valence-electron chi connectivity index (χ4n) is 2.08. The van der Waals surface area contributed by atoms with Gasteiger partial charge in [0.2, 0.25) is 11.1 Å². The lowest BCUT2D eigenvalue weighted by Gasteiger charge is -2.12. The predicted molar refractivity (Wildman–Crippen MR) is 94.3 cm³/mol. The molecule has 3 aromatic rings. The fraction of sp³-hybridized carbons (Fsp3) is 0.176. The fourth-order valence-corrected chi connectivity index (χ4v) is 2.88. The number of nitrogens with zero attached hydrogens (tertiary/aromatic N) is 4. The number of thioether (sulfide) groups is 1. The van der Waals surface area contributed by atoms with E-state index in [4.69, 9.17) is 0 Å². The van der Waals surface area contributed by atoms with Crippen LogP contribution >= 0.6 is 11.8 Å². The number of para-hydroxylation sites is 1. The maximum absolute atomic E-state index is 12.4. The molecule has 0 unspecified atom stereocenters. The molecule has 24 heavy (non-hydrogen) atoms. The molecule has 0 saturated heterocycles. The monoisotopic (exact) mass is 339 g/mol. The Kier molecular flexibility index (Phi) is 4.90. The summed E-state index contributed by atoms with van der Waals surface area (Å²) in [6.45, 7) is 3.84. The van der Waals surface area contributed by atoms with Crippen molar-refractivity contribution >= 4 is 23.4 Å². The summed E-state index contributed by atoms with van der Waals surface area (Å²) in [5.74, 6) is -0.0912. The molecule has 7 heteroatoms. The number of rotatable bonds is 5. The Balaban J connectivity index is 1.69. The molecule has 1 N–H and O–H groups in total. The van der Waals surface area contributed by atoms with Crippen molar-refractivity contribution in [1.82, 2.24) is 20.2 Å². The molecular formula is C17H17N5OS. The van der Waals surface area contributed by atoms with Gasteiger partial charge in [0.05, 0.1) is 10.9 Å². The Labute approximate surface area is 144 Å². The van der Waals surface area contributed by atoms with Crippen molar-refractivity contribution in [3.63, 3.8) is 0 Å². The largest absolute Gasteiger partial charge is 0.325 e. The van der Waals surface area contributed by atoms with Gasteiger partial charge < -0.3 is 5.32 Å². The summed E-state index contributed by atoms with van der Waals surface area (Å²) in [6.07, 6.45) is 0. The number of hydrogen-bond donors (Lipinski definition) is 1. The molecule has 122 valence electrons. The first-order chi connectivity index (χ1) is 11.6. The lowest BCUT2D eigenvalue weighted by molar-refractivity contribution is -0.115. The van der Waals surface area contributed by atoms with Gasteiger partial charge in [-0.2, -0.15) is 4.68 Å². The second-order valence-electron chi connectivity index (χ2n) is 5.32. The zero-order valence-electron chi connectivity index (χ0n) is 13.4. The predicted octanol–water partition coefficient (Wildman–Crippen LogP) is 3.09. The molecule has 0 bridgehead atoms. The van der Waals surface area contributed by atoms with E-state index in [-0.39, 0.29) is 11.2 Å². The van der Waals surface area contributed by atoms with Gasteiger partial charge in [0.15, 0.2) is 0 Å². The van der Waals surface area contributed by atoms with Crippen LogP contribution in [0.4, 0.5) is 5.69 Å². The van der Waals surface area contributed by atoms with Crippen LogP contribution in [0, 0.1) is 6.92 Å². The second-order valence-corrected chi connectivity index (χ2v) is 6.63. The van der Waals surface area contributed by atoms with Crippen LogP contribution in [0.1, 0.15) is 12.5 Å². The van der Waals surface area contributed by atoms with Crippen LogP contribution in [0.2, 0.25) is 0 Å². The molecular weight excluding hydrogens is 322 g/mol. The van der Waals surface area contributed by atoms with Gasteiger partial charge >= 0.3 is 0 Å². The maximum Gasteiger partial charge on any atom is 0.237 e. The van der Waals surface area contributed by atoms with E-state index in [1.54, 1.807) is 4.68 Å². The lowest BCUT2D eigenvalue weighted by Crippen LogP contribution is -2.22. The number of tetrazole rings is 1. The van der Waals surface area contributed by atoms with Crippen molar-refractivity contribution < 1.29 is 4.79 Å². The standard InChI is InChI=1S/C17H17N5OS/c1-12-8-10-14(11-9-12)18-16(23)13(2)24-17-19-20-21-22(17)15-6-4-3-5-7-15/h3-11,13H,1-2H3,(H,18,23)/t13-/m1/s1. The lowest BCUT2D eigenvalue weighted by atomic mass is 10.2. The Bertz CT molecular complexity index is 817. The van der Waals surface area contributed by atoms with E-state index in [9.17, 15) is 4.79 Å². The summed E-state index contributed by atoms with van der Waals surface area (Å²) in [7, 11) is 0. The van der Waals surface area contributed by atoms with E-state index < -0.39 is 0 Å². The highest BCUT2D eigenvalue weighted by Gasteiger charge is 2.19. The highest BCUT2D eigenvalue weighted by Crippen LogP contribution is 2.23. The molecule has 0 aliphatic carbocycles. The van der Waals surface area contributed by atoms with Crippen LogP contribution in [0.3, 0.4) is 0 Å². The normalized spacial score (nSPS) is 11.9. The molecule has 0 radical (unpaired) electrons. The molecule has 1 atom stereocenters. The molecule has 0 spiro atoms. The quantitative estimate of drug-likeness (QED) is 0.723. The van der Waals surface area contributed by atoms with Crippen LogP contribution in [0.15, 0.2) is 59.8 Å².